The van der Waals surface area contributed by atoms with Crippen LogP contribution in [0.3, 0.4) is 0 Å². The van der Waals surface area contributed by atoms with Gasteiger partial charge in [0.25, 0.3) is 0 Å². The topological polar surface area (TPSA) is 44.7 Å². The van der Waals surface area contributed by atoms with Crippen molar-refractivity contribution in [2.75, 3.05) is 16.8 Å². The zero-order chi connectivity index (χ0) is 18.0. The predicted octanol–water partition coefficient (Wildman–Crippen LogP) is 6.18. The van der Waals surface area contributed by atoms with Gasteiger partial charge in [0.05, 0.1) is 22.3 Å². The summed E-state index contributed by atoms with van der Waals surface area (Å²) in [4.78, 5) is 18.9. The van der Waals surface area contributed by atoms with Crippen LogP contribution in [0.1, 0.15) is 6.92 Å². The van der Waals surface area contributed by atoms with Crippen LogP contribution < -0.4 is 10.2 Å². The van der Waals surface area contributed by atoms with E-state index in [0.717, 1.165) is 0 Å². The fourth-order valence-corrected chi connectivity index (χ4v) is 3.61. The van der Waals surface area contributed by atoms with Crippen LogP contribution in [0.5, 0.6) is 0 Å². The fraction of sp³-hybridized carbons (Fsp3) is 0.176. The largest absolute Gasteiger partial charge is 0.332 e. The first-order valence-corrected chi connectivity index (χ1v) is 9.48. The number of amides is 2. The number of thioether (sulfide) groups is 1. The van der Waals surface area contributed by atoms with Crippen LogP contribution in [0.25, 0.3) is 0 Å². The van der Waals surface area contributed by atoms with Gasteiger partial charge in [-0.15, -0.1) is 0 Å². The Kier molecular flexibility index (Phi) is 5.79. The number of urea groups is 1. The third kappa shape index (κ3) is 4.42. The predicted molar refractivity (Wildman–Crippen MR) is 109 cm³/mol. The van der Waals surface area contributed by atoms with Gasteiger partial charge in [0.2, 0.25) is 0 Å². The second-order valence-corrected chi connectivity index (χ2v) is 8.08. The molecule has 0 radical (unpaired) electrons. The molecule has 1 aliphatic rings. The summed E-state index contributed by atoms with van der Waals surface area (Å²) in [5, 5.41) is 5.19. The molecule has 2 aromatic carbocycles. The molecule has 0 saturated heterocycles. The van der Waals surface area contributed by atoms with Gasteiger partial charge in [-0.25, -0.2) is 9.69 Å². The minimum Gasteiger partial charge on any atom is -0.307 e. The van der Waals surface area contributed by atoms with Crippen molar-refractivity contribution in [2.24, 2.45) is 4.99 Å². The second kappa shape index (κ2) is 7.87. The summed E-state index contributed by atoms with van der Waals surface area (Å²) >= 11 is 19.5. The molecule has 130 valence electrons. The lowest BCUT2D eigenvalue weighted by atomic mass is 10.3. The minimum atomic E-state index is -0.332. The van der Waals surface area contributed by atoms with Gasteiger partial charge in [0, 0.05) is 16.0 Å². The van der Waals surface area contributed by atoms with Crippen molar-refractivity contribution < 1.29 is 4.79 Å². The van der Waals surface area contributed by atoms with Gasteiger partial charge in [-0.2, -0.15) is 0 Å². The molecule has 25 heavy (non-hydrogen) atoms. The van der Waals surface area contributed by atoms with Crippen LogP contribution in [0.15, 0.2) is 47.5 Å². The van der Waals surface area contributed by atoms with Crippen LogP contribution in [-0.4, -0.2) is 23.0 Å². The molecule has 0 unspecified atom stereocenters. The first kappa shape index (κ1) is 18.4. The number of amidine groups is 1. The van der Waals surface area contributed by atoms with Crippen molar-refractivity contribution >= 4 is 69.1 Å². The molecule has 8 heteroatoms. The van der Waals surface area contributed by atoms with E-state index in [1.807, 2.05) is 0 Å². The van der Waals surface area contributed by atoms with Gasteiger partial charge in [-0.3, -0.25) is 4.99 Å². The van der Waals surface area contributed by atoms with E-state index in [1.165, 1.54) is 16.7 Å². The van der Waals surface area contributed by atoms with E-state index in [4.69, 9.17) is 34.8 Å². The Hall–Kier alpha value is -1.40. The minimum absolute atomic E-state index is 0.309. The zero-order valence-electron chi connectivity index (χ0n) is 13.2. The molecule has 0 aliphatic carbocycles. The molecule has 0 spiro atoms. The maximum Gasteiger partial charge on any atom is 0.332 e. The van der Waals surface area contributed by atoms with E-state index in [1.54, 1.807) is 42.5 Å². The summed E-state index contributed by atoms with van der Waals surface area (Å²) in [6.07, 6.45) is 0. The molecule has 2 amide bonds. The summed E-state index contributed by atoms with van der Waals surface area (Å²) in [6, 6.07) is 11.6. The third-order valence-electron chi connectivity index (χ3n) is 3.44. The Bertz CT molecular complexity index is 826. The first-order valence-electron chi connectivity index (χ1n) is 7.47. The summed E-state index contributed by atoms with van der Waals surface area (Å²) in [5.74, 6) is 0. The molecule has 1 heterocycles. The fourth-order valence-electron chi connectivity index (χ4n) is 2.24. The summed E-state index contributed by atoms with van der Waals surface area (Å²) in [6.45, 7) is 2.72. The maximum absolute atomic E-state index is 12.9. The molecule has 0 fully saturated rings. The van der Waals surface area contributed by atoms with Crippen molar-refractivity contribution in [3.63, 3.8) is 0 Å². The van der Waals surface area contributed by atoms with Crippen LogP contribution in [0.4, 0.5) is 16.2 Å². The summed E-state index contributed by atoms with van der Waals surface area (Å²) < 4.78 is 0. The monoisotopic (exact) mass is 413 g/mol. The van der Waals surface area contributed by atoms with Crippen LogP contribution in [-0.2, 0) is 0 Å². The average Bonchev–Trinajstić information content (AvgIpc) is 2.99. The highest BCUT2D eigenvalue weighted by atomic mass is 35.5. The molecular weight excluding hydrogens is 401 g/mol. The van der Waals surface area contributed by atoms with E-state index in [0.29, 0.717) is 43.4 Å². The highest BCUT2D eigenvalue weighted by molar-refractivity contribution is 8.15. The number of benzene rings is 2. The van der Waals surface area contributed by atoms with Gasteiger partial charge in [0.15, 0.2) is 5.17 Å². The molecule has 3 rings (SSSR count). The molecule has 1 aliphatic heterocycles. The van der Waals surface area contributed by atoms with Gasteiger partial charge < -0.3 is 5.32 Å². The SMILES string of the molecule is C[C@H]1CN=C(N(C(=O)Nc2ccc(Cl)cc2)c2ccc(Cl)c(Cl)c2)S1. The maximum atomic E-state index is 12.9. The van der Waals surface area contributed by atoms with Crippen molar-refractivity contribution in [3.8, 4) is 0 Å². The lowest BCUT2D eigenvalue weighted by Crippen LogP contribution is -2.38. The normalized spacial score (nSPS) is 16.5. The number of anilines is 2. The van der Waals surface area contributed by atoms with E-state index in [2.05, 4.69) is 17.2 Å². The number of nitrogens with zero attached hydrogens (tertiary/aromatic N) is 2. The highest BCUT2D eigenvalue weighted by Crippen LogP contribution is 2.32. The Morgan fingerprint density at radius 1 is 1.16 bits per heavy atom. The number of halogens is 3. The Labute approximate surface area is 165 Å². The number of hydrogen-bond donors (Lipinski definition) is 1. The van der Waals surface area contributed by atoms with E-state index < -0.39 is 0 Å². The number of carbonyl (C=O) groups excluding carboxylic acids is 1. The molecule has 1 N–H and O–H groups in total. The molecule has 1 atom stereocenters. The van der Waals surface area contributed by atoms with Gasteiger partial charge in [-0.05, 0) is 42.5 Å². The highest BCUT2D eigenvalue weighted by Gasteiger charge is 2.28. The molecule has 0 bridgehead atoms. The average molecular weight is 415 g/mol. The number of nitrogens with one attached hydrogen (secondary N) is 1. The number of rotatable bonds is 2. The summed E-state index contributed by atoms with van der Waals surface area (Å²) in [7, 11) is 0. The Balaban J connectivity index is 1.91. The second-order valence-electron chi connectivity index (χ2n) is 5.42. The van der Waals surface area contributed by atoms with Crippen molar-refractivity contribution in [3.05, 3.63) is 57.5 Å². The Morgan fingerprint density at radius 2 is 1.88 bits per heavy atom. The van der Waals surface area contributed by atoms with E-state index in [-0.39, 0.29) is 6.03 Å². The quantitative estimate of drug-likeness (QED) is 0.638. The van der Waals surface area contributed by atoms with E-state index in [9.17, 15) is 4.79 Å². The zero-order valence-corrected chi connectivity index (χ0v) is 16.3. The molecule has 4 nitrogen and oxygen atoms in total. The van der Waals surface area contributed by atoms with Crippen molar-refractivity contribution in [1.29, 1.82) is 0 Å². The van der Waals surface area contributed by atoms with Crippen molar-refractivity contribution in [1.82, 2.24) is 0 Å². The van der Waals surface area contributed by atoms with Gasteiger partial charge >= 0.3 is 6.03 Å². The molecule has 0 aromatic heterocycles. The lowest BCUT2D eigenvalue weighted by Gasteiger charge is -2.23. The van der Waals surface area contributed by atoms with Crippen molar-refractivity contribution in [2.45, 2.75) is 12.2 Å². The first-order chi connectivity index (χ1) is 11.9. The molecule has 2 aromatic rings. The number of hydrogen-bond acceptors (Lipinski definition) is 3. The smallest absolute Gasteiger partial charge is 0.307 e. The van der Waals surface area contributed by atoms with Crippen LogP contribution in [0.2, 0.25) is 15.1 Å². The van der Waals surface area contributed by atoms with Gasteiger partial charge in [0.1, 0.15) is 0 Å². The lowest BCUT2D eigenvalue weighted by molar-refractivity contribution is 0.259. The van der Waals surface area contributed by atoms with Crippen LogP contribution in [0, 0.1) is 0 Å². The number of aliphatic imine (C=N–C) groups is 1. The summed E-state index contributed by atoms with van der Waals surface area (Å²) in [5.41, 5.74) is 1.23. The molecular formula is C17H14Cl3N3OS. The Morgan fingerprint density at radius 3 is 2.48 bits per heavy atom. The number of carbonyl (C=O) groups is 1. The van der Waals surface area contributed by atoms with E-state index >= 15 is 0 Å². The third-order valence-corrected chi connectivity index (χ3v) is 5.51. The van der Waals surface area contributed by atoms with Crippen LogP contribution >= 0.6 is 46.6 Å². The van der Waals surface area contributed by atoms with Gasteiger partial charge in [-0.1, -0.05) is 53.5 Å². The standard InChI is InChI=1S/C17H14Cl3N3OS/c1-10-9-21-17(25-10)23(13-6-7-14(19)15(20)8-13)16(24)22-12-4-2-11(18)3-5-12/h2-8,10H,9H2,1H3,(H,22,24)/t10-/m0/s1. The molecule has 0 saturated carbocycles.